The number of aromatic nitrogens is 2. The van der Waals surface area contributed by atoms with Gasteiger partial charge in [-0.05, 0) is 38.7 Å². The molecule has 1 aromatic heterocycles. The van der Waals surface area contributed by atoms with Crippen molar-refractivity contribution >= 4 is 22.4 Å². The largest absolute Gasteiger partial charge is 0.399 e. The third-order valence-electron chi connectivity index (χ3n) is 3.88. The van der Waals surface area contributed by atoms with E-state index >= 15 is 0 Å². The average molecular weight is 287 g/mol. The van der Waals surface area contributed by atoms with Gasteiger partial charge in [-0.15, -0.1) is 0 Å². The Morgan fingerprint density at radius 3 is 2.95 bits per heavy atom. The first-order valence-corrected chi connectivity index (χ1v) is 7.14. The number of aliphatic hydroxyl groups is 1. The zero-order valence-corrected chi connectivity index (χ0v) is 12.4. The molecule has 3 rings (SSSR count). The lowest BCUT2D eigenvalue weighted by Crippen LogP contribution is -2.38. The second-order valence-corrected chi connectivity index (χ2v) is 5.93. The van der Waals surface area contributed by atoms with Gasteiger partial charge in [-0.2, -0.15) is 0 Å². The van der Waals surface area contributed by atoms with E-state index in [1.807, 2.05) is 32.3 Å². The van der Waals surface area contributed by atoms with Gasteiger partial charge in [0.05, 0.1) is 11.6 Å². The number of benzene rings is 1. The molecule has 6 heteroatoms. The number of rotatable bonds is 3. The topological polar surface area (TPSA) is 78.5 Å². The van der Waals surface area contributed by atoms with Gasteiger partial charge < -0.3 is 20.6 Å². The number of hydrogen-bond donors (Lipinski definition) is 2. The number of hydrogen-bond acceptors (Lipinski definition) is 6. The minimum absolute atomic E-state index is 0.255. The number of nitrogen functional groups attached to an aromatic ring is 1. The van der Waals surface area contributed by atoms with Crippen LogP contribution in [0.1, 0.15) is 6.42 Å². The zero-order valence-electron chi connectivity index (χ0n) is 12.4. The highest BCUT2D eigenvalue weighted by atomic mass is 16.3. The molecule has 0 radical (unpaired) electrons. The third-order valence-corrected chi connectivity index (χ3v) is 3.88. The van der Waals surface area contributed by atoms with Gasteiger partial charge in [0, 0.05) is 30.2 Å². The SMILES string of the molecule is CN(C)CC1CC(O)CN1c1ncnc2cc(N)ccc12. The highest BCUT2D eigenvalue weighted by Crippen LogP contribution is 2.30. The van der Waals surface area contributed by atoms with Crippen LogP contribution in [0, 0.1) is 0 Å². The molecule has 2 aromatic rings. The average Bonchev–Trinajstić information content (AvgIpc) is 2.77. The summed E-state index contributed by atoms with van der Waals surface area (Å²) in [6, 6.07) is 5.93. The summed E-state index contributed by atoms with van der Waals surface area (Å²) in [5.41, 5.74) is 7.35. The molecule has 0 spiro atoms. The van der Waals surface area contributed by atoms with Crippen LogP contribution in [0.4, 0.5) is 11.5 Å². The molecule has 112 valence electrons. The molecular weight excluding hydrogens is 266 g/mol. The maximum Gasteiger partial charge on any atom is 0.140 e. The molecule has 3 N–H and O–H groups in total. The van der Waals surface area contributed by atoms with Crippen molar-refractivity contribution in [2.24, 2.45) is 0 Å². The van der Waals surface area contributed by atoms with E-state index in [4.69, 9.17) is 5.73 Å². The fraction of sp³-hybridized carbons (Fsp3) is 0.467. The molecule has 0 amide bonds. The fourth-order valence-electron chi connectivity index (χ4n) is 3.03. The van der Waals surface area contributed by atoms with Gasteiger partial charge in [0.25, 0.3) is 0 Å². The maximum absolute atomic E-state index is 10.0. The van der Waals surface area contributed by atoms with Crippen LogP contribution in [0.3, 0.4) is 0 Å². The van der Waals surface area contributed by atoms with Crippen LogP contribution in [0.25, 0.3) is 10.9 Å². The monoisotopic (exact) mass is 287 g/mol. The van der Waals surface area contributed by atoms with Gasteiger partial charge >= 0.3 is 0 Å². The van der Waals surface area contributed by atoms with Crippen molar-refractivity contribution < 1.29 is 5.11 Å². The molecule has 0 saturated carbocycles. The fourth-order valence-corrected chi connectivity index (χ4v) is 3.03. The van der Waals surface area contributed by atoms with E-state index in [2.05, 4.69) is 19.8 Å². The van der Waals surface area contributed by atoms with Crippen molar-refractivity contribution in [2.75, 3.05) is 37.8 Å². The summed E-state index contributed by atoms with van der Waals surface area (Å²) in [5.74, 6) is 0.878. The number of likely N-dealkylation sites (N-methyl/N-ethyl adjacent to an activating group) is 1. The van der Waals surface area contributed by atoms with Crippen LogP contribution in [0.15, 0.2) is 24.5 Å². The first-order valence-electron chi connectivity index (χ1n) is 7.14. The molecule has 0 bridgehead atoms. The highest BCUT2D eigenvalue weighted by molar-refractivity contribution is 5.91. The molecule has 21 heavy (non-hydrogen) atoms. The van der Waals surface area contributed by atoms with Crippen LogP contribution in [0.2, 0.25) is 0 Å². The number of fused-ring (bicyclic) bond motifs is 1. The smallest absolute Gasteiger partial charge is 0.140 e. The number of aliphatic hydroxyl groups excluding tert-OH is 1. The quantitative estimate of drug-likeness (QED) is 0.810. The normalized spacial score (nSPS) is 22.4. The Balaban J connectivity index is 2.02. The molecule has 1 aliphatic rings. The minimum atomic E-state index is -0.311. The standard InChI is InChI=1S/C15H21N5O/c1-19(2)7-11-6-12(21)8-20(11)15-13-4-3-10(16)5-14(13)17-9-18-15/h3-5,9,11-12,21H,6-8,16H2,1-2H3. The Morgan fingerprint density at radius 1 is 1.38 bits per heavy atom. The van der Waals surface area contributed by atoms with Crippen molar-refractivity contribution in [3.8, 4) is 0 Å². The molecule has 0 aliphatic carbocycles. The number of anilines is 2. The Hall–Kier alpha value is -1.92. The molecule has 1 aliphatic heterocycles. The van der Waals surface area contributed by atoms with E-state index in [1.165, 1.54) is 0 Å². The molecule has 1 saturated heterocycles. The summed E-state index contributed by atoms with van der Waals surface area (Å²) in [6.45, 7) is 1.49. The summed E-state index contributed by atoms with van der Waals surface area (Å²) in [5, 5.41) is 11.0. The van der Waals surface area contributed by atoms with Gasteiger partial charge in [0.1, 0.15) is 12.1 Å². The van der Waals surface area contributed by atoms with E-state index in [9.17, 15) is 5.11 Å². The number of β-amino-alcohol motifs (C(OH)–C–C–N with tert-alkyl or cyclic N) is 1. The lowest BCUT2D eigenvalue weighted by Gasteiger charge is -2.28. The Bertz CT molecular complexity index is 645. The Kier molecular flexibility index (Phi) is 3.65. The summed E-state index contributed by atoms with van der Waals surface area (Å²) in [4.78, 5) is 13.1. The van der Waals surface area contributed by atoms with Crippen molar-refractivity contribution in [3.05, 3.63) is 24.5 Å². The van der Waals surface area contributed by atoms with Crippen LogP contribution < -0.4 is 10.6 Å². The number of nitrogens with two attached hydrogens (primary N) is 1. The van der Waals surface area contributed by atoms with E-state index < -0.39 is 0 Å². The summed E-state index contributed by atoms with van der Waals surface area (Å²) >= 11 is 0. The van der Waals surface area contributed by atoms with Crippen molar-refractivity contribution in [3.63, 3.8) is 0 Å². The third kappa shape index (κ3) is 2.77. The first kappa shape index (κ1) is 14.0. The van der Waals surface area contributed by atoms with E-state index in [0.717, 1.165) is 29.7 Å². The van der Waals surface area contributed by atoms with Crippen molar-refractivity contribution in [1.82, 2.24) is 14.9 Å². The lowest BCUT2D eigenvalue weighted by molar-refractivity contribution is 0.191. The summed E-state index contributed by atoms with van der Waals surface area (Å²) in [7, 11) is 4.09. The van der Waals surface area contributed by atoms with Gasteiger partial charge in [0.2, 0.25) is 0 Å². The molecule has 2 unspecified atom stereocenters. The van der Waals surface area contributed by atoms with E-state index in [0.29, 0.717) is 12.2 Å². The molecule has 1 aromatic carbocycles. The van der Waals surface area contributed by atoms with Gasteiger partial charge in [-0.25, -0.2) is 9.97 Å². The predicted molar refractivity (Wildman–Crippen MR) is 84.3 cm³/mol. The van der Waals surface area contributed by atoms with E-state index in [1.54, 1.807) is 6.33 Å². The molecular formula is C15H21N5O. The van der Waals surface area contributed by atoms with Crippen molar-refractivity contribution in [2.45, 2.75) is 18.6 Å². The predicted octanol–water partition coefficient (Wildman–Crippen LogP) is 0.713. The second-order valence-electron chi connectivity index (χ2n) is 5.93. The van der Waals surface area contributed by atoms with Crippen LogP contribution >= 0.6 is 0 Å². The van der Waals surface area contributed by atoms with Crippen molar-refractivity contribution in [1.29, 1.82) is 0 Å². The maximum atomic E-state index is 10.0. The van der Waals surface area contributed by atoms with Crippen LogP contribution in [0.5, 0.6) is 0 Å². The van der Waals surface area contributed by atoms with Crippen LogP contribution in [-0.2, 0) is 0 Å². The van der Waals surface area contributed by atoms with Gasteiger partial charge in [-0.1, -0.05) is 0 Å². The van der Waals surface area contributed by atoms with E-state index in [-0.39, 0.29) is 12.1 Å². The summed E-state index contributed by atoms with van der Waals surface area (Å²) in [6.07, 6.45) is 2.02. The first-order chi connectivity index (χ1) is 10.0. The number of nitrogens with zero attached hydrogens (tertiary/aromatic N) is 4. The summed E-state index contributed by atoms with van der Waals surface area (Å²) < 4.78 is 0. The molecule has 6 nitrogen and oxygen atoms in total. The lowest BCUT2D eigenvalue weighted by atomic mass is 10.1. The molecule has 1 fully saturated rings. The molecule has 2 atom stereocenters. The minimum Gasteiger partial charge on any atom is -0.399 e. The molecule has 2 heterocycles. The Morgan fingerprint density at radius 2 is 2.19 bits per heavy atom. The zero-order chi connectivity index (χ0) is 15.0. The van der Waals surface area contributed by atoms with Crippen LogP contribution in [-0.4, -0.2) is 59.3 Å². The second kappa shape index (κ2) is 5.46. The van der Waals surface area contributed by atoms with Gasteiger partial charge in [0.15, 0.2) is 0 Å². The van der Waals surface area contributed by atoms with Gasteiger partial charge in [-0.3, -0.25) is 0 Å². The highest BCUT2D eigenvalue weighted by Gasteiger charge is 2.32. The Labute approximate surface area is 124 Å².